The van der Waals surface area contributed by atoms with Crippen LogP contribution in [0.25, 0.3) is 0 Å². The largest absolute Gasteiger partial charge is 0.394 e. The number of nitrogens with two attached hydrogens (primary N) is 1. The summed E-state index contributed by atoms with van der Waals surface area (Å²) in [4.78, 5) is 0. The summed E-state index contributed by atoms with van der Waals surface area (Å²) in [6.07, 6.45) is 11.9. The van der Waals surface area contributed by atoms with Crippen LogP contribution in [-0.4, -0.2) is 17.3 Å². The van der Waals surface area contributed by atoms with Crippen LogP contribution in [0.15, 0.2) is 24.3 Å². The van der Waals surface area contributed by atoms with E-state index < -0.39 is 5.54 Å². The highest BCUT2D eigenvalue weighted by molar-refractivity contribution is 5.23. The van der Waals surface area contributed by atoms with Gasteiger partial charge >= 0.3 is 0 Å². The van der Waals surface area contributed by atoms with E-state index in [1.807, 2.05) is 6.92 Å². The minimum atomic E-state index is -0.419. The van der Waals surface area contributed by atoms with Crippen LogP contribution in [0.3, 0.4) is 0 Å². The third-order valence-electron chi connectivity index (χ3n) is 4.77. The summed E-state index contributed by atoms with van der Waals surface area (Å²) in [5, 5.41) is 9.36. The summed E-state index contributed by atoms with van der Waals surface area (Å²) in [5.74, 6) is 0. The van der Waals surface area contributed by atoms with E-state index in [0.717, 1.165) is 19.3 Å². The van der Waals surface area contributed by atoms with Gasteiger partial charge in [0.1, 0.15) is 0 Å². The van der Waals surface area contributed by atoms with Gasteiger partial charge in [-0.25, -0.2) is 0 Å². The third kappa shape index (κ3) is 7.42. The number of aliphatic hydroxyl groups excluding tert-OH is 1. The van der Waals surface area contributed by atoms with Crippen LogP contribution in [0.1, 0.15) is 76.3 Å². The molecule has 1 aromatic rings. The number of unbranched alkanes of at least 4 members (excludes halogenated alkanes) is 5. The number of benzene rings is 1. The van der Waals surface area contributed by atoms with Gasteiger partial charge in [-0.2, -0.15) is 0 Å². The van der Waals surface area contributed by atoms with Gasteiger partial charge in [-0.15, -0.1) is 0 Å². The lowest BCUT2D eigenvalue weighted by atomic mass is 9.90. The van der Waals surface area contributed by atoms with Crippen molar-refractivity contribution < 1.29 is 5.11 Å². The van der Waals surface area contributed by atoms with Crippen LogP contribution in [0.2, 0.25) is 0 Å². The molecule has 0 saturated heterocycles. The predicted molar refractivity (Wildman–Crippen MR) is 96.1 cm³/mol. The number of rotatable bonds is 12. The highest BCUT2D eigenvalue weighted by Gasteiger charge is 2.20. The Hall–Kier alpha value is -0.860. The molecular weight excluding hydrogens is 270 g/mol. The molecule has 1 rings (SSSR count). The van der Waals surface area contributed by atoms with Crippen LogP contribution >= 0.6 is 0 Å². The normalized spacial score (nSPS) is 14.0. The Morgan fingerprint density at radius 1 is 0.864 bits per heavy atom. The first kappa shape index (κ1) is 19.2. The van der Waals surface area contributed by atoms with E-state index in [1.54, 1.807) is 0 Å². The highest BCUT2D eigenvalue weighted by atomic mass is 16.3. The fraction of sp³-hybridized carbons (Fsp3) is 0.700. The highest BCUT2D eigenvalue weighted by Crippen LogP contribution is 2.16. The van der Waals surface area contributed by atoms with Crippen molar-refractivity contribution in [1.29, 1.82) is 0 Å². The SMILES string of the molecule is CCCCCCCCc1ccc(CC[C@@](N)(CC)CO)cc1. The molecule has 3 N–H and O–H groups in total. The molecule has 0 aliphatic carbocycles. The average Bonchev–Trinajstić information content (AvgIpc) is 2.57. The van der Waals surface area contributed by atoms with Crippen molar-refractivity contribution in [2.24, 2.45) is 5.73 Å². The maximum absolute atomic E-state index is 9.36. The monoisotopic (exact) mass is 305 g/mol. The topological polar surface area (TPSA) is 46.2 Å². The molecule has 2 nitrogen and oxygen atoms in total. The van der Waals surface area contributed by atoms with Crippen molar-refractivity contribution in [3.8, 4) is 0 Å². The molecule has 0 heterocycles. The van der Waals surface area contributed by atoms with Gasteiger partial charge in [-0.05, 0) is 43.2 Å². The average molecular weight is 306 g/mol. The van der Waals surface area contributed by atoms with Gasteiger partial charge in [0.25, 0.3) is 0 Å². The molecule has 126 valence electrons. The quantitative estimate of drug-likeness (QED) is 0.553. The molecule has 0 saturated carbocycles. The number of aliphatic hydroxyl groups is 1. The lowest BCUT2D eigenvalue weighted by Crippen LogP contribution is -2.43. The van der Waals surface area contributed by atoms with Gasteiger partial charge in [0, 0.05) is 5.54 Å². The first-order valence-electron chi connectivity index (χ1n) is 9.11. The van der Waals surface area contributed by atoms with Gasteiger partial charge in [0.05, 0.1) is 6.61 Å². The Bertz CT molecular complexity index is 381. The second-order valence-electron chi connectivity index (χ2n) is 6.71. The molecule has 1 aromatic carbocycles. The summed E-state index contributed by atoms with van der Waals surface area (Å²) in [7, 11) is 0. The molecule has 0 aliphatic rings. The molecule has 0 aromatic heterocycles. The lowest BCUT2D eigenvalue weighted by molar-refractivity contribution is 0.183. The second-order valence-corrected chi connectivity index (χ2v) is 6.71. The molecule has 0 bridgehead atoms. The van der Waals surface area contributed by atoms with Crippen LogP contribution in [0.5, 0.6) is 0 Å². The lowest BCUT2D eigenvalue weighted by Gasteiger charge is -2.25. The Labute approximate surface area is 137 Å². The van der Waals surface area contributed by atoms with Crippen molar-refractivity contribution in [3.63, 3.8) is 0 Å². The van der Waals surface area contributed by atoms with Crippen LogP contribution in [0, 0.1) is 0 Å². The molecule has 0 amide bonds. The number of hydrogen-bond acceptors (Lipinski definition) is 2. The Balaban J connectivity index is 2.28. The van der Waals surface area contributed by atoms with E-state index in [2.05, 4.69) is 31.2 Å². The summed E-state index contributed by atoms with van der Waals surface area (Å²) in [5.41, 5.74) is 8.48. The van der Waals surface area contributed by atoms with Gasteiger partial charge in [0.2, 0.25) is 0 Å². The van der Waals surface area contributed by atoms with Crippen LogP contribution in [-0.2, 0) is 12.8 Å². The maximum Gasteiger partial charge on any atom is 0.0611 e. The summed E-state index contributed by atoms with van der Waals surface area (Å²) in [6, 6.07) is 8.95. The summed E-state index contributed by atoms with van der Waals surface area (Å²) >= 11 is 0. The Kier molecular flexibility index (Phi) is 9.42. The second kappa shape index (κ2) is 10.8. The summed E-state index contributed by atoms with van der Waals surface area (Å²) < 4.78 is 0. The number of hydrogen-bond donors (Lipinski definition) is 2. The standard InChI is InChI=1S/C20H35NO/c1-3-5-6-7-8-9-10-18-11-13-19(14-12-18)15-16-20(21,4-2)17-22/h11-14,22H,3-10,15-17,21H2,1-2H3/t20-/m0/s1. The van der Waals surface area contributed by atoms with Crippen LogP contribution in [0.4, 0.5) is 0 Å². The first-order chi connectivity index (χ1) is 10.6. The van der Waals surface area contributed by atoms with E-state index in [-0.39, 0.29) is 6.61 Å². The third-order valence-corrected chi connectivity index (χ3v) is 4.77. The number of aryl methyl sites for hydroxylation is 2. The molecular formula is C20H35NO. The molecule has 1 atom stereocenters. The van der Waals surface area contributed by atoms with Crippen molar-refractivity contribution in [2.75, 3.05) is 6.61 Å². The van der Waals surface area contributed by atoms with Gasteiger partial charge in [-0.1, -0.05) is 70.2 Å². The van der Waals surface area contributed by atoms with E-state index in [1.165, 1.54) is 56.1 Å². The van der Waals surface area contributed by atoms with E-state index >= 15 is 0 Å². The summed E-state index contributed by atoms with van der Waals surface area (Å²) in [6.45, 7) is 4.37. The van der Waals surface area contributed by atoms with Gasteiger partial charge < -0.3 is 10.8 Å². The minimum absolute atomic E-state index is 0.0691. The molecule has 0 radical (unpaired) electrons. The molecule has 0 fully saturated rings. The Morgan fingerprint density at radius 2 is 1.41 bits per heavy atom. The van der Waals surface area contributed by atoms with Crippen LogP contribution < -0.4 is 5.73 Å². The Morgan fingerprint density at radius 3 is 1.95 bits per heavy atom. The van der Waals surface area contributed by atoms with Gasteiger partial charge in [-0.3, -0.25) is 0 Å². The predicted octanol–water partition coefficient (Wildman–Crippen LogP) is 4.62. The fourth-order valence-corrected chi connectivity index (χ4v) is 2.74. The maximum atomic E-state index is 9.36. The zero-order valence-electron chi connectivity index (χ0n) is 14.6. The minimum Gasteiger partial charge on any atom is -0.394 e. The molecule has 0 aliphatic heterocycles. The van der Waals surface area contributed by atoms with Crippen molar-refractivity contribution in [1.82, 2.24) is 0 Å². The van der Waals surface area contributed by atoms with E-state index in [4.69, 9.17) is 5.73 Å². The fourth-order valence-electron chi connectivity index (χ4n) is 2.74. The molecule has 2 heteroatoms. The van der Waals surface area contributed by atoms with Crippen molar-refractivity contribution in [2.45, 2.75) is 83.6 Å². The molecule has 22 heavy (non-hydrogen) atoms. The zero-order chi connectivity index (χ0) is 16.3. The van der Waals surface area contributed by atoms with E-state index in [0.29, 0.717) is 0 Å². The smallest absolute Gasteiger partial charge is 0.0611 e. The molecule has 0 spiro atoms. The zero-order valence-corrected chi connectivity index (χ0v) is 14.6. The van der Waals surface area contributed by atoms with E-state index in [9.17, 15) is 5.11 Å². The van der Waals surface area contributed by atoms with Crippen molar-refractivity contribution in [3.05, 3.63) is 35.4 Å². The van der Waals surface area contributed by atoms with Crippen molar-refractivity contribution >= 4 is 0 Å². The van der Waals surface area contributed by atoms with Gasteiger partial charge in [0.15, 0.2) is 0 Å². The molecule has 0 unspecified atom stereocenters. The first-order valence-corrected chi connectivity index (χ1v) is 9.11.